The van der Waals surface area contributed by atoms with Crippen molar-refractivity contribution in [2.45, 2.75) is 13.8 Å². The van der Waals surface area contributed by atoms with Gasteiger partial charge in [0.1, 0.15) is 18.0 Å². The molecule has 6 nitrogen and oxygen atoms in total. The molecule has 3 N–H and O–H groups in total. The summed E-state index contributed by atoms with van der Waals surface area (Å²) in [5.74, 6) is 1.78. The van der Waals surface area contributed by atoms with Crippen molar-refractivity contribution in [3.8, 4) is 5.82 Å². The lowest BCUT2D eigenvalue weighted by atomic mass is 10.1. The van der Waals surface area contributed by atoms with Gasteiger partial charge in [-0.3, -0.25) is 4.57 Å². The Morgan fingerprint density at radius 2 is 1.72 bits per heavy atom. The van der Waals surface area contributed by atoms with Crippen LogP contribution < -0.4 is 11.1 Å². The molecular weight excluding hydrogens is 312 g/mol. The van der Waals surface area contributed by atoms with Gasteiger partial charge >= 0.3 is 0 Å². The van der Waals surface area contributed by atoms with Crippen LogP contribution in [0.3, 0.4) is 0 Å². The normalized spacial score (nSPS) is 11.0. The van der Waals surface area contributed by atoms with E-state index in [-0.39, 0.29) is 0 Å². The maximum absolute atomic E-state index is 6.16. The second-order valence-corrected chi connectivity index (χ2v) is 5.98. The minimum absolute atomic E-state index is 0.407. The first-order chi connectivity index (χ1) is 12.1. The minimum atomic E-state index is 0.407. The van der Waals surface area contributed by atoms with E-state index in [1.54, 1.807) is 0 Å². The summed E-state index contributed by atoms with van der Waals surface area (Å²) in [6.45, 7) is 4.14. The van der Waals surface area contributed by atoms with Gasteiger partial charge in [0.2, 0.25) is 5.95 Å². The number of benzene rings is 2. The molecule has 0 atom stereocenters. The molecule has 0 aliphatic heterocycles. The second kappa shape index (κ2) is 5.90. The zero-order chi connectivity index (χ0) is 17.4. The summed E-state index contributed by atoms with van der Waals surface area (Å²) in [6.07, 6.45) is 1.52. The molecule has 4 rings (SSSR count). The van der Waals surface area contributed by atoms with Crippen LogP contribution in [0.2, 0.25) is 0 Å². The quantitative estimate of drug-likeness (QED) is 0.598. The van der Waals surface area contributed by atoms with Crippen LogP contribution in [0.25, 0.3) is 16.9 Å². The molecule has 0 saturated heterocycles. The van der Waals surface area contributed by atoms with Crippen molar-refractivity contribution < 1.29 is 0 Å². The number of hydrogen-bond donors (Lipinski definition) is 2. The van der Waals surface area contributed by atoms with Crippen molar-refractivity contribution in [2.75, 3.05) is 11.1 Å². The molecule has 6 heteroatoms. The molecular formula is C19H18N6. The molecule has 0 radical (unpaired) electrons. The number of nitrogens with zero attached hydrogens (tertiary/aromatic N) is 4. The highest BCUT2D eigenvalue weighted by atomic mass is 15.2. The van der Waals surface area contributed by atoms with E-state index in [0.717, 1.165) is 16.7 Å². The number of nitrogens with two attached hydrogens (primary N) is 1. The first kappa shape index (κ1) is 15.1. The molecule has 2 aromatic heterocycles. The number of para-hydroxylation sites is 1. The van der Waals surface area contributed by atoms with Gasteiger partial charge in [0.15, 0.2) is 0 Å². The Bertz CT molecular complexity index is 1050. The van der Waals surface area contributed by atoms with Gasteiger partial charge < -0.3 is 11.1 Å². The van der Waals surface area contributed by atoms with Crippen molar-refractivity contribution in [2.24, 2.45) is 0 Å². The molecule has 2 heterocycles. The highest BCUT2D eigenvalue weighted by Gasteiger charge is 2.13. The van der Waals surface area contributed by atoms with Crippen LogP contribution in [-0.2, 0) is 0 Å². The van der Waals surface area contributed by atoms with E-state index in [1.807, 2.05) is 47.0 Å². The van der Waals surface area contributed by atoms with Crippen molar-refractivity contribution in [1.82, 2.24) is 19.5 Å². The number of anilines is 3. The summed E-state index contributed by atoms with van der Waals surface area (Å²) in [5.41, 5.74) is 11.3. The summed E-state index contributed by atoms with van der Waals surface area (Å²) in [7, 11) is 0. The van der Waals surface area contributed by atoms with Crippen LogP contribution in [0.4, 0.5) is 17.5 Å². The lowest BCUT2D eigenvalue weighted by molar-refractivity contribution is 1.01. The number of imidazole rings is 1. The highest BCUT2D eigenvalue weighted by Crippen LogP contribution is 2.26. The van der Waals surface area contributed by atoms with Crippen LogP contribution in [0.1, 0.15) is 11.1 Å². The Balaban J connectivity index is 1.80. The Labute approximate surface area is 145 Å². The van der Waals surface area contributed by atoms with E-state index in [1.165, 1.54) is 17.5 Å². The predicted octanol–water partition coefficient (Wildman–Crippen LogP) is 3.76. The number of aryl methyl sites for hydroxylation is 2. The molecule has 4 aromatic rings. The number of fused-ring (bicyclic) bond motifs is 1. The van der Waals surface area contributed by atoms with Gasteiger partial charge in [0.05, 0.1) is 11.0 Å². The summed E-state index contributed by atoms with van der Waals surface area (Å²) in [6, 6.07) is 15.9. The first-order valence-electron chi connectivity index (χ1n) is 8.01. The number of nitrogen functional groups attached to an aromatic ring is 1. The highest BCUT2D eigenvalue weighted by molar-refractivity contribution is 5.82. The Hall–Kier alpha value is -3.41. The average Bonchev–Trinajstić information content (AvgIpc) is 2.91. The SMILES string of the molecule is Cc1cc2nc(N)n(-c3cc(Nc4ccccc4)ncn3)c2cc1C. The van der Waals surface area contributed by atoms with Gasteiger partial charge in [0, 0.05) is 11.8 Å². The first-order valence-corrected chi connectivity index (χ1v) is 8.01. The van der Waals surface area contributed by atoms with E-state index in [2.05, 4.69) is 40.2 Å². The zero-order valence-corrected chi connectivity index (χ0v) is 14.1. The monoisotopic (exact) mass is 330 g/mol. The zero-order valence-electron chi connectivity index (χ0n) is 14.1. The Morgan fingerprint density at radius 1 is 0.960 bits per heavy atom. The topological polar surface area (TPSA) is 81.6 Å². The molecule has 0 aliphatic carbocycles. The maximum atomic E-state index is 6.16. The third kappa shape index (κ3) is 2.78. The van der Waals surface area contributed by atoms with Gasteiger partial charge in [-0.25, -0.2) is 15.0 Å². The van der Waals surface area contributed by atoms with E-state index in [9.17, 15) is 0 Å². The van der Waals surface area contributed by atoms with E-state index >= 15 is 0 Å². The molecule has 124 valence electrons. The van der Waals surface area contributed by atoms with Crippen molar-refractivity contribution in [3.05, 3.63) is 66.0 Å². The van der Waals surface area contributed by atoms with Crippen LogP contribution in [0, 0.1) is 13.8 Å². The van der Waals surface area contributed by atoms with Gasteiger partial charge in [0.25, 0.3) is 0 Å². The van der Waals surface area contributed by atoms with Crippen molar-refractivity contribution >= 4 is 28.5 Å². The Kier molecular flexibility index (Phi) is 3.57. The van der Waals surface area contributed by atoms with Crippen LogP contribution in [0.5, 0.6) is 0 Å². The van der Waals surface area contributed by atoms with E-state index in [0.29, 0.717) is 17.6 Å². The molecule has 2 aromatic carbocycles. The number of aromatic nitrogens is 4. The molecule has 0 bridgehead atoms. The maximum Gasteiger partial charge on any atom is 0.207 e. The van der Waals surface area contributed by atoms with Crippen molar-refractivity contribution in [3.63, 3.8) is 0 Å². The molecule has 0 unspecified atom stereocenters. The Morgan fingerprint density at radius 3 is 2.52 bits per heavy atom. The predicted molar refractivity (Wildman–Crippen MR) is 100 cm³/mol. The number of hydrogen-bond acceptors (Lipinski definition) is 5. The third-order valence-corrected chi connectivity index (χ3v) is 4.22. The van der Waals surface area contributed by atoms with Gasteiger partial charge in [-0.15, -0.1) is 0 Å². The number of rotatable bonds is 3. The van der Waals surface area contributed by atoms with Crippen LogP contribution >= 0.6 is 0 Å². The largest absolute Gasteiger partial charge is 0.369 e. The molecule has 0 amide bonds. The average molecular weight is 330 g/mol. The summed E-state index contributed by atoms with van der Waals surface area (Å²) in [4.78, 5) is 13.1. The fourth-order valence-electron chi connectivity index (χ4n) is 2.80. The smallest absolute Gasteiger partial charge is 0.207 e. The fraction of sp³-hybridized carbons (Fsp3) is 0.105. The van der Waals surface area contributed by atoms with E-state index in [4.69, 9.17) is 5.73 Å². The van der Waals surface area contributed by atoms with Crippen molar-refractivity contribution in [1.29, 1.82) is 0 Å². The van der Waals surface area contributed by atoms with Gasteiger partial charge in [-0.1, -0.05) is 18.2 Å². The van der Waals surface area contributed by atoms with Crippen LogP contribution in [-0.4, -0.2) is 19.5 Å². The molecule has 0 fully saturated rings. The molecule has 0 spiro atoms. The lowest BCUT2D eigenvalue weighted by Crippen LogP contribution is -2.04. The van der Waals surface area contributed by atoms with Gasteiger partial charge in [-0.2, -0.15) is 0 Å². The van der Waals surface area contributed by atoms with Gasteiger partial charge in [-0.05, 0) is 49.2 Å². The summed E-state index contributed by atoms with van der Waals surface area (Å²) in [5, 5.41) is 3.27. The molecule has 0 saturated carbocycles. The lowest BCUT2D eigenvalue weighted by Gasteiger charge is -2.09. The number of nitrogens with one attached hydrogen (secondary N) is 1. The second-order valence-electron chi connectivity index (χ2n) is 5.98. The fourth-order valence-corrected chi connectivity index (χ4v) is 2.80. The minimum Gasteiger partial charge on any atom is -0.369 e. The van der Waals surface area contributed by atoms with E-state index < -0.39 is 0 Å². The standard InChI is InChI=1S/C19H18N6/c1-12-8-15-16(9-13(12)2)25(19(20)24-15)18-10-17(21-11-22-18)23-14-6-4-3-5-7-14/h3-11H,1-2H3,(H2,20,24)(H,21,22,23). The summed E-state index contributed by atoms with van der Waals surface area (Å²) >= 11 is 0. The molecule has 25 heavy (non-hydrogen) atoms. The summed E-state index contributed by atoms with van der Waals surface area (Å²) < 4.78 is 1.85. The third-order valence-electron chi connectivity index (χ3n) is 4.22. The van der Waals surface area contributed by atoms with Crippen LogP contribution in [0.15, 0.2) is 54.9 Å². The molecule has 0 aliphatic rings.